The lowest BCUT2D eigenvalue weighted by Crippen LogP contribution is -2.30. The average Bonchev–Trinajstić information content (AvgIpc) is 3.30. The maximum atomic E-state index is 12.2. The van der Waals surface area contributed by atoms with Gasteiger partial charge in [-0.2, -0.15) is 0 Å². The molecule has 1 aromatic heterocycles. The van der Waals surface area contributed by atoms with Gasteiger partial charge in [-0.15, -0.1) is 5.10 Å². The Balaban J connectivity index is 1.58. The smallest absolute Gasteiger partial charge is 0.344 e. The fourth-order valence-corrected chi connectivity index (χ4v) is 3.12. The molecule has 0 bridgehead atoms. The largest absolute Gasteiger partial charge is 0.351 e. The normalized spacial score (nSPS) is 15.5. The third kappa shape index (κ3) is 3.41. The highest BCUT2D eigenvalue weighted by Crippen LogP contribution is 2.36. The van der Waals surface area contributed by atoms with E-state index in [0.717, 1.165) is 18.4 Å². The van der Waals surface area contributed by atoms with E-state index in [2.05, 4.69) is 15.5 Å². The van der Waals surface area contributed by atoms with Crippen LogP contribution in [0.25, 0.3) is 0 Å². The maximum absolute atomic E-state index is 12.2. The summed E-state index contributed by atoms with van der Waals surface area (Å²) in [5, 5.41) is 9.68. The molecular weight excluding hydrogens is 300 g/mol. The molecule has 1 fully saturated rings. The standard InChI is InChI=1S/C15H18N4O2S/c1-10(13(20)16-9-11-5-3-2-4-6-11)22-15-18-17-14(21)19(15)12-7-8-12/h2-6,10,12H,7-9H2,1H3,(H,16,20)(H,17,21). The first kappa shape index (κ1) is 14.9. The minimum atomic E-state index is -0.309. The molecule has 116 valence electrons. The van der Waals surface area contributed by atoms with Gasteiger partial charge in [-0.25, -0.2) is 9.89 Å². The lowest BCUT2D eigenvalue weighted by Gasteiger charge is -2.12. The van der Waals surface area contributed by atoms with Crippen LogP contribution in [-0.2, 0) is 11.3 Å². The number of aromatic nitrogens is 3. The van der Waals surface area contributed by atoms with Gasteiger partial charge in [-0.05, 0) is 25.3 Å². The molecule has 0 radical (unpaired) electrons. The predicted molar refractivity (Wildman–Crippen MR) is 84.7 cm³/mol. The molecular formula is C15H18N4O2S. The number of benzene rings is 1. The Morgan fingerprint density at radius 1 is 1.45 bits per heavy atom. The van der Waals surface area contributed by atoms with Gasteiger partial charge >= 0.3 is 5.69 Å². The van der Waals surface area contributed by atoms with Crippen LogP contribution in [0.5, 0.6) is 0 Å². The zero-order chi connectivity index (χ0) is 15.5. The van der Waals surface area contributed by atoms with Crippen molar-refractivity contribution in [3.63, 3.8) is 0 Å². The molecule has 6 nitrogen and oxygen atoms in total. The van der Waals surface area contributed by atoms with Crippen molar-refractivity contribution >= 4 is 17.7 Å². The SMILES string of the molecule is CC(Sc1n[nH]c(=O)n1C1CC1)C(=O)NCc1ccccc1. The summed E-state index contributed by atoms with van der Waals surface area (Å²) in [6.07, 6.45) is 2.00. The molecule has 1 aliphatic carbocycles. The Morgan fingerprint density at radius 3 is 2.86 bits per heavy atom. The van der Waals surface area contributed by atoms with Gasteiger partial charge in [0.15, 0.2) is 5.16 Å². The molecule has 0 aliphatic heterocycles. The van der Waals surface area contributed by atoms with Crippen LogP contribution in [0.3, 0.4) is 0 Å². The molecule has 1 aromatic carbocycles. The molecule has 2 aromatic rings. The Morgan fingerprint density at radius 2 is 2.18 bits per heavy atom. The summed E-state index contributed by atoms with van der Waals surface area (Å²) >= 11 is 1.31. The van der Waals surface area contributed by atoms with Crippen molar-refractivity contribution in [2.75, 3.05) is 0 Å². The molecule has 0 saturated heterocycles. The van der Waals surface area contributed by atoms with E-state index in [1.54, 1.807) is 4.57 Å². The summed E-state index contributed by atoms with van der Waals surface area (Å²) < 4.78 is 1.66. The van der Waals surface area contributed by atoms with Gasteiger partial charge in [0.05, 0.1) is 5.25 Å². The highest BCUT2D eigenvalue weighted by atomic mass is 32.2. The molecule has 1 saturated carbocycles. The van der Waals surface area contributed by atoms with Crippen molar-refractivity contribution in [1.82, 2.24) is 20.1 Å². The summed E-state index contributed by atoms with van der Waals surface area (Å²) in [6, 6.07) is 10.0. The second kappa shape index (κ2) is 6.39. The van der Waals surface area contributed by atoms with Crippen LogP contribution in [0.2, 0.25) is 0 Å². The lowest BCUT2D eigenvalue weighted by molar-refractivity contribution is -0.120. The van der Waals surface area contributed by atoms with Crippen LogP contribution in [0.4, 0.5) is 0 Å². The Labute approximate surface area is 132 Å². The molecule has 22 heavy (non-hydrogen) atoms. The fourth-order valence-electron chi connectivity index (χ4n) is 2.17. The van der Waals surface area contributed by atoms with E-state index in [-0.39, 0.29) is 22.9 Å². The van der Waals surface area contributed by atoms with Gasteiger partial charge in [0.25, 0.3) is 0 Å². The van der Waals surface area contributed by atoms with E-state index in [1.807, 2.05) is 37.3 Å². The number of carbonyl (C=O) groups excluding carboxylic acids is 1. The van der Waals surface area contributed by atoms with Crippen molar-refractivity contribution < 1.29 is 4.79 Å². The topological polar surface area (TPSA) is 79.8 Å². The van der Waals surface area contributed by atoms with E-state index < -0.39 is 0 Å². The first-order valence-corrected chi connectivity index (χ1v) is 8.18. The van der Waals surface area contributed by atoms with Crippen LogP contribution in [0.1, 0.15) is 31.4 Å². The van der Waals surface area contributed by atoms with Crippen molar-refractivity contribution in [2.45, 2.75) is 42.8 Å². The summed E-state index contributed by atoms with van der Waals surface area (Å²) in [6.45, 7) is 2.32. The van der Waals surface area contributed by atoms with E-state index in [9.17, 15) is 9.59 Å². The van der Waals surface area contributed by atoms with Crippen molar-refractivity contribution in [1.29, 1.82) is 0 Å². The monoisotopic (exact) mass is 318 g/mol. The highest BCUT2D eigenvalue weighted by Gasteiger charge is 2.30. The summed E-state index contributed by atoms with van der Waals surface area (Å²) in [5.74, 6) is -0.0633. The van der Waals surface area contributed by atoms with Crippen LogP contribution in [-0.4, -0.2) is 25.9 Å². The lowest BCUT2D eigenvalue weighted by atomic mass is 10.2. The van der Waals surface area contributed by atoms with Crippen molar-refractivity contribution in [2.24, 2.45) is 0 Å². The zero-order valence-electron chi connectivity index (χ0n) is 12.3. The summed E-state index contributed by atoms with van der Waals surface area (Å²) in [4.78, 5) is 23.9. The number of rotatable bonds is 6. The minimum Gasteiger partial charge on any atom is -0.351 e. The van der Waals surface area contributed by atoms with E-state index >= 15 is 0 Å². The second-order valence-corrected chi connectivity index (χ2v) is 6.68. The van der Waals surface area contributed by atoms with Crippen LogP contribution >= 0.6 is 11.8 Å². The van der Waals surface area contributed by atoms with Gasteiger partial charge in [0, 0.05) is 12.6 Å². The number of nitrogens with zero attached hydrogens (tertiary/aromatic N) is 2. The molecule has 1 atom stereocenters. The molecule has 1 unspecified atom stereocenters. The van der Waals surface area contributed by atoms with Crippen LogP contribution in [0, 0.1) is 0 Å². The van der Waals surface area contributed by atoms with Crippen LogP contribution in [0.15, 0.2) is 40.3 Å². The fraction of sp³-hybridized carbons (Fsp3) is 0.400. The van der Waals surface area contributed by atoms with Crippen molar-refractivity contribution in [3.05, 3.63) is 46.4 Å². The van der Waals surface area contributed by atoms with Gasteiger partial charge in [-0.1, -0.05) is 42.1 Å². The molecule has 1 aliphatic rings. The number of carbonyl (C=O) groups is 1. The number of H-pyrrole nitrogens is 1. The minimum absolute atomic E-state index is 0.0633. The van der Waals surface area contributed by atoms with Crippen LogP contribution < -0.4 is 11.0 Å². The van der Waals surface area contributed by atoms with E-state index in [1.165, 1.54) is 11.8 Å². The molecule has 1 amide bonds. The van der Waals surface area contributed by atoms with Gasteiger partial charge < -0.3 is 5.32 Å². The number of thioether (sulfide) groups is 1. The number of amides is 1. The molecule has 1 heterocycles. The van der Waals surface area contributed by atoms with E-state index in [0.29, 0.717) is 11.7 Å². The van der Waals surface area contributed by atoms with E-state index in [4.69, 9.17) is 0 Å². The number of nitrogens with one attached hydrogen (secondary N) is 2. The third-order valence-corrected chi connectivity index (χ3v) is 4.61. The van der Waals surface area contributed by atoms with Crippen molar-refractivity contribution in [3.8, 4) is 0 Å². The Kier molecular flexibility index (Phi) is 4.33. The van der Waals surface area contributed by atoms with Gasteiger partial charge in [-0.3, -0.25) is 9.36 Å². The summed E-state index contributed by atoms with van der Waals surface area (Å²) in [7, 11) is 0. The first-order chi connectivity index (χ1) is 10.6. The predicted octanol–water partition coefficient (Wildman–Crippen LogP) is 1.70. The highest BCUT2D eigenvalue weighted by molar-refractivity contribution is 8.00. The molecule has 7 heteroatoms. The summed E-state index contributed by atoms with van der Waals surface area (Å²) in [5.41, 5.74) is 0.865. The Hall–Kier alpha value is -2.02. The molecule has 2 N–H and O–H groups in total. The zero-order valence-corrected chi connectivity index (χ0v) is 13.1. The third-order valence-electron chi connectivity index (χ3n) is 3.55. The first-order valence-electron chi connectivity index (χ1n) is 7.30. The molecule has 3 rings (SSSR count). The molecule has 0 spiro atoms. The Bertz CT molecular complexity index is 706. The van der Waals surface area contributed by atoms with Gasteiger partial charge in [0.2, 0.25) is 5.91 Å². The number of aromatic amines is 1. The quantitative estimate of drug-likeness (QED) is 0.795. The maximum Gasteiger partial charge on any atom is 0.344 e. The van der Waals surface area contributed by atoms with Gasteiger partial charge in [0.1, 0.15) is 0 Å². The second-order valence-electron chi connectivity index (χ2n) is 5.38. The number of hydrogen-bond acceptors (Lipinski definition) is 4. The number of hydrogen-bond donors (Lipinski definition) is 2. The average molecular weight is 318 g/mol.